The molecule has 0 radical (unpaired) electrons. The Morgan fingerprint density at radius 1 is 1.16 bits per heavy atom. The summed E-state index contributed by atoms with van der Waals surface area (Å²) >= 11 is 0. The number of hydrogen-bond acceptors (Lipinski definition) is 7. The van der Waals surface area contributed by atoms with Crippen LogP contribution in [0.25, 0.3) is 0 Å². The standard InChI is InChI=1S/C17H27N7O/c25-15(17-12-18-10-14(17)11-19-13-17)20-4-5-23-6-8-24(9-7-23)16-21-2-1-3-22-16/h1-3,14,18-19H,4-13H2,(H,20,25). The van der Waals surface area contributed by atoms with Gasteiger partial charge in [0, 0.05) is 83.8 Å². The number of hydrogen-bond donors (Lipinski definition) is 3. The summed E-state index contributed by atoms with van der Waals surface area (Å²) in [4.78, 5) is 25.9. The number of amides is 1. The first kappa shape index (κ1) is 16.7. The number of aromatic nitrogens is 2. The topological polar surface area (TPSA) is 85.4 Å². The third-order valence-electron chi connectivity index (χ3n) is 5.82. The minimum absolute atomic E-state index is 0.212. The van der Waals surface area contributed by atoms with Crippen LogP contribution in [0.3, 0.4) is 0 Å². The summed E-state index contributed by atoms with van der Waals surface area (Å²) < 4.78 is 0. The highest BCUT2D eigenvalue weighted by molar-refractivity contribution is 5.84. The van der Waals surface area contributed by atoms with Gasteiger partial charge >= 0.3 is 0 Å². The summed E-state index contributed by atoms with van der Waals surface area (Å²) in [6.45, 7) is 8.92. The van der Waals surface area contributed by atoms with E-state index in [1.807, 2.05) is 6.07 Å². The molecule has 8 heteroatoms. The van der Waals surface area contributed by atoms with Crippen LogP contribution in [0.1, 0.15) is 0 Å². The zero-order chi connectivity index (χ0) is 17.1. The molecule has 25 heavy (non-hydrogen) atoms. The van der Waals surface area contributed by atoms with Crippen LogP contribution in [0, 0.1) is 11.3 Å². The summed E-state index contributed by atoms with van der Waals surface area (Å²) in [6.07, 6.45) is 3.57. The molecule has 3 aliphatic heterocycles. The fourth-order valence-electron chi connectivity index (χ4n) is 4.23. The van der Waals surface area contributed by atoms with Gasteiger partial charge < -0.3 is 20.9 Å². The average Bonchev–Trinajstić information content (AvgIpc) is 3.24. The monoisotopic (exact) mass is 345 g/mol. The smallest absolute Gasteiger partial charge is 0.229 e. The molecule has 8 nitrogen and oxygen atoms in total. The largest absolute Gasteiger partial charge is 0.354 e. The molecule has 3 saturated heterocycles. The van der Waals surface area contributed by atoms with E-state index in [2.05, 4.69) is 35.7 Å². The first-order valence-corrected chi connectivity index (χ1v) is 9.22. The van der Waals surface area contributed by atoms with E-state index >= 15 is 0 Å². The molecule has 3 aliphatic rings. The quantitative estimate of drug-likeness (QED) is 0.600. The maximum Gasteiger partial charge on any atom is 0.229 e. The number of carbonyl (C=O) groups excluding carboxylic acids is 1. The minimum Gasteiger partial charge on any atom is -0.354 e. The lowest BCUT2D eigenvalue weighted by Crippen LogP contribution is -2.51. The van der Waals surface area contributed by atoms with E-state index in [0.717, 1.165) is 71.4 Å². The number of carbonyl (C=O) groups is 1. The van der Waals surface area contributed by atoms with E-state index in [4.69, 9.17) is 0 Å². The minimum atomic E-state index is -0.233. The van der Waals surface area contributed by atoms with E-state index in [-0.39, 0.29) is 11.3 Å². The van der Waals surface area contributed by atoms with Gasteiger partial charge in [0.15, 0.2) is 0 Å². The Morgan fingerprint density at radius 2 is 1.84 bits per heavy atom. The van der Waals surface area contributed by atoms with Crippen LogP contribution in [0.5, 0.6) is 0 Å². The fraction of sp³-hybridized carbons (Fsp3) is 0.706. The second kappa shape index (κ2) is 7.23. The normalized spacial score (nSPS) is 29.6. The molecule has 0 aliphatic carbocycles. The Labute approximate surface area is 148 Å². The number of piperazine rings is 1. The van der Waals surface area contributed by atoms with Gasteiger partial charge in [-0.1, -0.05) is 0 Å². The molecule has 0 unspecified atom stereocenters. The van der Waals surface area contributed by atoms with Crippen LogP contribution in [0.15, 0.2) is 18.5 Å². The van der Waals surface area contributed by atoms with Crippen molar-refractivity contribution in [3.63, 3.8) is 0 Å². The fourth-order valence-corrected chi connectivity index (χ4v) is 4.23. The molecule has 0 spiro atoms. The van der Waals surface area contributed by atoms with Crippen LogP contribution in [0.2, 0.25) is 0 Å². The van der Waals surface area contributed by atoms with Gasteiger partial charge in [-0.15, -0.1) is 0 Å². The molecular formula is C17H27N7O. The molecule has 0 aromatic carbocycles. The van der Waals surface area contributed by atoms with Gasteiger partial charge in [0.05, 0.1) is 5.41 Å². The first-order valence-electron chi connectivity index (χ1n) is 9.22. The lowest BCUT2D eigenvalue weighted by atomic mass is 9.80. The number of nitrogens with zero attached hydrogens (tertiary/aromatic N) is 4. The number of fused-ring (bicyclic) bond motifs is 1. The third-order valence-corrected chi connectivity index (χ3v) is 5.82. The van der Waals surface area contributed by atoms with Gasteiger partial charge in [0.2, 0.25) is 11.9 Å². The van der Waals surface area contributed by atoms with Gasteiger partial charge in [-0.3, -0.25) is 9.69 Å². The lowest BCUT2D eigenvalue weighted by Gasteiger charge is -2.35. The Kier molecular flexibility index (Phi) is 4.82. The van der Waals surface area contributed by atoms with Crippen molar-refractivity contribution in [1.82, 2.24) is 30.8 Å². The molecule has 0 bridgehead atoms. The van der Waals surface area contributed by atoms with Crippen molar-refractivity contribution in [3.8, 4) is 0 Å². The second-order valence-corrected chi connectivity index (χ2v) is 7.25. The van der Waals surface area contributed by atoms with Gasteiger partial charge in [-0.05, 0) is 6.07 Å². The summed E-state index contributed by atoms with van der Waals surface area (Å²) in [5.41, 5.74) is -0.233. The van der Waals surface area contributed by atoms with Crippen molar-refractivity contribution in [2.24, 2.45) is 11.3 Å². The molecule has 0 saturated carbocycles. The molecule has 3 N–H and O–H groups in total. The highest BCUT2D eigenvalue weighted by Gasteiger charge is 2.51. The van der Waals surface area contributed by atoms with E-state index in [0.29, 0.717) is 5.92 Å². The zero-order valence-corrected chi connectivity index (χ0v) is 14.6. The molecule has 3 fully saturated rings. The molecule has 136 valence electrons. The van der Waals surface area contributed by atoms with E-state index in [1.54, 1.807) is 12.4 Å². The average molecular weight is 345 g/mol. The molecular weight excluding hydrogens is 318 g/mol. The summed E-state index contributed by atoms with van der Waals surface area (Å²) in [6, 6.07) is 1.84. The van der Waals surface area contributed by atoms with E-state index in [1.165, 1.54) is 0 Å². The van der Waals surface area contributed by atoms with Crippen LogP contribution in [0.4, 0.5) is 5.95 Å². The van der Waals surface area contributed by atoms with Crippen molar-refractivity contribution in [3.05, 3.63) is 18.5 Å². The molecule has 1 amide bonds. The van der Waals surface area contributed by atoms with Gasteiger partial charge in [0.1, 0.15) is 0 Å². The van der Waals surface area contributed by atoms with Crippen LogP contribution in [-0.2, 0) is 4.79 Å². The van der Waals surface area contributed by atoms with Crippen molar-refractivity contribution in [2.45, 2.75) is 0 Å². The van der Waals surface area contributed by atoms with Crippen LogP contribution < -0.4 is 20.9 Å². The summed E-state index contributed by atoms with van der Waals surface area (Å²) in [7, 11) is 0. The van der Waals surface area contributed by atoms with Crippen molar-refractivity contribution < 1.29 is 4.79 Å². The summed E-state index contributed by atoms with van der Waals surface area (Å²) in [5.74, 6) is 1.45. The van der Waals surface area contributed by atoms with Gasteiger partial charge in [-0.25, -0.2) is 9.97 Å². The Hall–Kier alpha value is -1.77. The molecule has 1 aromatic heterocycles. The second-order valence-electron chi connectivity index (χ2n) is 7.25. The highest BCUT2D eigenvalue weighted by atomic mass is 16.2. The number of nitrogens with one attached hydrogen (secondary N) is 3. The van der Waals surface area contributed by atoms with Gasteiger partial charge in [-0.2, -0.15) is 0 Å². The Balaban J connectivity index is 1.21. The molecule has 4 heterocycles. The number of anilines is 1. The third kappa shape index (κ3) is 3.33. The maximum atomic E-state index is 12.7. The Bertz CT molecular complexity index is 578. The molecule has 1 aromatic rings. The number of rotatable bonds is 5. The van der Waals surface area contributed by atoms with E-state index in [9.17, 15) is 4.79 Å². The zero-order valence-electron chi connectivity index (χ0n) is 14.6. The maximum absolute atomic E-state index is 12.7. The predicted octanol–water partition coefficient (Wildman–Crippen LogP) is -1.48. The molecule has 0 atom stereocenters. The lowest BCUT2D eigenvalue weighted by molar-refractivity contribution is -0.130. The van der Waals surface area contributed by atoms with Crippen molar-refractivity contribution >= 4 is 11.9 Å². The highest BCUT2D eigenvalue weighted by Crippen LogP contribution is 2.34. The predicted molar refractivity (Wildman–Crippen MR) is 95.4 cm³/mol. The van der Waals surface area contributed by atoms with Crippen LogP contribution >= 0.6 is 0 Å². The van der Waals surface area contributed by atoms with Gasteiger partial charge in [0.25, 0.3) is 0 Å². The first-order chi connectivity index (χ1) is 12.3. The van der Waals surface area contributed by atoms with Crippen molar-refractivity contribution in [1.29, 1.82) is 0 Å². The SMILES string of the molecule is O=C(NCCN1CCN(c2ncccn2)CC1)C12CNCC1CNC2. The van der Waals surface area contributed by atoms with Crippen molar-refractivity contribution in [2.75, 3.05) is 70.3 Å². The summed E-state index contributed by atoms with van der Waals surface area (Å²) in [5, 5.41) is 9.93. The van der Waals surface area contributed by atoms with Crippen LogP contribution in [-0.4, -0.2) is 86.2 Å². The van der Waals surface area contributed by atoms with E-state index < -0.39 is 0 Å². The Morgan fingerprint density at radius 3 is 2.52 bits per heavy atom. The molecule has 4 rings (SSSR count).